The molecule has 3 heteroatoms. The number of pyridine rings is 1. The first-order valence-electron chi connectivity index (χ1n) is 7.47. The first-order chi connectivity index (χ1) is 9.66. The summed E-state index contributed by atoms with van der Waals surface area (Å²) in [7, 11) is 0. The van der Waals surface area contributed by atoms with E-state index in [-0.39, 0.29) is 0 Å². The van der Waals surface area contributed by atoms with Crippen LogP contribution in [0.5, 0.6) is 0 Å². The van der Waals surface area contributed by atoms with E-state index in [0.717, 1.165) is 31.0 Å². The standard InChI is InChI=1S/C17H23N3/c1-13-11-14-5-3-4-6-15(14)20-16(13)19-12-17(2)7-9-18-10-8-17/h3-6,11,18H,7-10,12H2,1-2H3,(H,19,20). The molecule has 0 aliphatic carbocycles. The fraction of sp³-hybridized carbons (Fsp3) is 0.471. The molecule has 0 atom stereocenters. The van der Waals surface area contributed by atoms with Gasteiger partial charge in [0.05, 0.1) is 5.52 Å². The van der Waals surface area contributed by atoms with Crippen LogP contribution in [0.15, 0.2) is 30.3 Å². The van der Waals surface area contributed by atoms with Gasteiger partial charge in [0.15, 0.2) is 0 Å². The van der Waals surface area contributed by atoms with Crippen LogP contribution in [-0.2, 0) is 0 Å². The van der Waals surface area contributed by atoms with Crippen LogP contribution >= 0.6 is 0 Å². The third kappa shape index (κ3) is 2.78. The van der Waals surface area contributed by atoms with E-state index in [2.05, 4.69) is 48.7 Å². The molecule has 0 spiro atoms. The van der Waals surface area contributed by atoms with Gasteiger partial charge >= 0.3 is 0 Å². The summed E-state index contributed by atoms with van der Waals surface area (Å²) in [5, 5.41) is 8.22. The highest BCUT2D eigenvalue weighted by molar-refractivity contribution is 5.81. The number of nitrogens with one attached hydrogen (secondary N) is 2. The molecule has 1 aliphatic heterocycles. The van der Waals surface area contributed by atoms with E-state index in [4.69, 9.17) is 4.98 Å². The van der Waals surface area contributed by atoms with E-state index in [1.54, 1.807) is 0 Å². The van der Waals surface area contributed by atoms with E-state index in [1.165, 1.54) is 23.8 Å². The number of para-hydroxylation sites is 1. The van der Waals surface area contributed by atoms with Crippen LogP contribution < -0.4 is 10.6 Å². The number of anilines is 1. The van der Waals surface area contributed by atoms with Crippen molar-refractivity contribution in [2.24, 2.45) is 5.41 Å². The number of hydrogen-bond donors (Lipinski definition) is 2. The number of nitrogens with zero attached hydrogens (tertiary/aromatic N) is 1. The maximum absolute atomic E-state index is 4.76. The maximum Gasteiger partial charge on any atom is 0.129 e. The van der Waals surface area contributed by atoms with Gasteiger partial charge in [-0.25, -0.2) is 4.98 Å². The summed E-state index contributed by atoms with van der Waals surface area (Å²) in [5.74, 6) is 1.03. The van der Waals surface area contributed by atoms with Gasteiger partial charge in [0.2, 0.25) is 0 Å². The summed E-state index contributed by atoms with van der Waals surface area (Å²) < 4.78 is 0. The maximum atomic E-state index is 4.76. The molecule has 20 heavy (non-hydrogen) atoms. The van der Waals surface area contributed by atoms with Crippen molar-refractivity contribution >= 4 is 16.7 Å². The molecule has 3 rings (SSSR count). The van der Waals surface area contributed by atoms with E-state index < -0.39 is 0 Å². The zero-order chi connectivity index (χ0) is 14.0. The van der Waals surface area contributed by atoms with Crippen molar-refractivity contribution in [3.8, 4) is 0 Å². The van der Waals surface area contributed by atoms with Crippen molar-refractivity contribution < 1.29 is 0 Å². The lowest BCUT2D eigenvalue weighted by molar-refractivity contribution is 0.247. The Morgan fingerprint density at radius 1 is 1.25 bits per heavy atom. The Hall–Kier alpha value is -1.61. The largest absolute Gasteiger partial charge is 0.369 e. The van der Waals surface area contributed by atoms with Crippen LogP contribution in [-0.4, -0.2) is 24.6 Å². The highest BCUT2D eigenvalue weighted by atomic mass is 15.0. The molecule has 2 aromatic rings. The van der Waals surface area contributed by atoms with Crippen LogP contribution in [0.4, 0.5) is 5.82 Å². The zero-order valence-electron chi connectivity index (χ0n) is 12.4. The second kappa shape index (κ2) is 5.41. The molecule has 106 valence electrons. The lowest BCUT2D eigenvalue weighted by atomic mass is 9.81. The molecule has 0 radical (unpaired) electrons. The SMILES string of the molecule is Cc1cc2ccccc2nc1NCC1(C)CCNCC1. The molecule has 1 aliphatic rings. The van der Waals surface area contributed by atoms with Gasteiger partial charge in [-0.2, -0.15) is 0 Å². The van der Waals surface area contributed by atoms with Crippen LogP contribution in [0.25, 0.3) is 10.9 Å². The lowest BCUT2D eigenvalue weighted by Gasteiger charge is -2.34. The molecule has 1 aromatic heterocycles. The smallest absolute Gasteiger partial charge is 0.129 e. The molecule has 1 fully saturated rings. The molecule has 0 bridgehead atoms. The third-order valence-corrected chi connectivity index (χ3v) is 4.41. The first-order valence-corrected chi connectivity index (χ1v) is 7.47. The van der Waals surface area contributed by atoms with Gasteiger partial charge in [-0.05, 0) is 56.0 Å². The van der Waals surface area contributed by atoms with Crippen molar-refractivity contribution in [2.45, 2.75) is 26.7 Å². The fourth-order valence-electron chi connectivity index (χ4n) is 2.90. The second-order valence-corrected chi connectivity index (χ2v) is 6.26. The Kier molecular flexibility index (Phi) is 3.62. The molecule has 1 aromatic carbocycles. The van der Waals surface area contributed by atoms with E-state index in [9.17, 15) is 0 Å². The summed E-state index contributed by atoms with van der Waals surface area (Å²) in [6.07, 6.45) is 2.46. The first kappa shape index (κ1) is 13.4. The summed E-state index contributed by atoms with van der Waals surface area (Å²) in [5.41, 5.74) is 2.67. The number of aromatic nitrogens is 1. The zero-order valence-corrected chi connectivity index (χ0v) is 12.4. The fourth-order valence-corrected chi connectivity index (χ4v) is 2.90. The van der Waals surface area contributed by atoms with Gasteiger partial charge in [-0.3, -0.25) is 0 Å². The van der Waals surface area contributed by atoms with Crippen LogP contribution in [0.2, 0.25) is 0 Å². The van der Waals surface area contributed by atoms with E-state index in [1.807, 2.05) is 6.07 Å². The minimum atomic E-state index is 0.380. The van der Waals surface area contributed by atoms with Crippen LogP contribution in [0, 0.1) is 12.3 Å². The van der Waals surface area contributed by atoms with Crippen LogP contribution in [0.3, 0.4) is 0 Å². The quantitative estimate of drug-likeness (QED) is 0.897. The molecule has 0 amide bonds. The normalized spacial score (nSPS) is 18.1. The molecular weight excluding hydrogens is 246 g/mol. The monoisotopic (exact) mass is 269 g/mol. The minimum Gasteiger partial charge on any atom is -0.369 e. The summed E-state index contributed by atoms with van der Waals surface area (Å²) in [4.78, 5) is 4.76. The van der Waals surface area contributed by atoms with Crippen molar-refractivity contribution in [1.29, 1.82) is 0 Å². The highest BCUT2D eigenvalue weighted by Crippen LogP contribution is 2.29. The van der Waals surface area contributed by atoms with Crippen molar-refractivity contribution in [3.05, 3.63) is 35.9 Å². The number of fused-ring (bicyclic) bond motifs is 1. The van der Waals surface area contributed by atoms with E-state index >= 15 is 0 Å². The predicted molar refractivity (Wildman–Crippen MR) is 85.2 cm³/mol. The second-order valence-electron chi connectivity index (χ2n) is 6.26. The van der Waals surface area contributed by atoms with Gasteiger partial charge in [-0.1, -0.05) is 25.1 Å². The summed E-state index contributed by atoms with van der Waals surface area (Å²) >= 11 is 0. The molecule has 3 nitrogen and oxygen atoms in total. The average molecular weight is 269 g/mol. The molecular formula is C17H23N3. The van der Waals surface area contributed by atoms with E-state index in [0.29, 0.717) is 5.41 Å². The number of rotatable bonds is 3. The topological polar surface area (TPSA) is 37.0 Å². The van der Waals surface area contributed by atoms with Crippen molar-refractivity contribution in [1.82, 2.24) is 10.3 Å². The van der Waals surface area contributed by atoms with Crippen molar-refractivity contribution in [3.63, 3.8) is 0 Å². The number of hydrogen-bond acceptors (Lipinski definition) is 3. The number of benzene rings is 1. The Bertz CT molecular complexity index is 600. The molecule has 0 saturated carbocycles. The van der Waals surface area contributed by atoms with Crippen molar-refractivity contribution in [2.75, 3.05) is 25.0 Å². The molecule has 2 heterocycles. The number of piperidine rings is 1. The van der Waals surface area contributed by atoms with Gasteiger partial charge < -0.3 is 10.6 Å². The minimum absolute atomic E-state index is 0.380. The Morgan fingerprint density at radius 2 is 2.00 bits per heavy atom. The third-order valence-electron chi connectivity index (χ3n) is 4.41. The highest BCUT2D eigenvalue weighted by Gasteiger charge is 2.26. The van der Waals surface area contributed by atoms with Gasteiger partial charge in [0.25, 0.3) is 0 Å². The Balaban J connectivity index is 1.78. The lowest BCUT2D eigenvalue weighted by Crippen LogP contribution is -2.39. The van der Waals surface area contributed by atoms with Gasteiger partial charge in [-0.15, -0.1) is 0 Å². The summed E-state index contributed by atoms with van der Waals surface area (Å²) in [6.45, 7) is 7.76. The molecule has 2 N–H and O–H groups in total. The van der Waals surface area contributed by atoms with Crippen LogP contribution in [0.1, 0.15) is 25.3 Å². The Morgan fingerprint density at radius 3 is 2.80 bits per heavy atom. The number of aryl methyl sites for hydroxylation is 1. The van der Waals surface area contributed by atoms with Gasteiger partial charge in [0.1, 0.15) is 5.82 Å². The predicted octanol–water partition coefficient (Wildman–Crippen LogP) is 3.34. The molecule has 1 saturated heterocycles. The summed E-state index contributed by atoms with van der Waals surface area (Å²) in [6, 6.07) is 10.5. The van der Waals surface area contributed by atoms with Gasteiger partial charge in [0, 0.05) is 11.9 Å². The average Bonchev–Trinajstić information content (AvgIpc) is 2.46. The molecule has 0 unspecified atom stereocenters. The Labute approximate surface area is 120 Å².